The molecule has 1 amide bonds. The third-order valence-corrected chi connectivity index (χ3v) is 6.34. The van der Waals surface area contributed by atoms with Crippen LogP contribution in [0.2, 0.25) is 0 Å². The molecule has 1 fully saturated rings. The number of hydrogen-bond acceptors (Lipinski definition) is 6. The molecule has 1 unspecified atom stereocenters. The van der Waals surface area contributed by atoms with Gasteiger partial charge in [0.1, 0.15) is 24.0 Å². The van der Waals surface area contributed by atoms with Crippen LogP contribution in [-0.2, 0) is 4.79 Å². The first-order valence-electron chi connectivity index (χ1n) is 11.6. The van der Waals surface area contributed by atoms with Crippen molar-refractivity contribution in [3.63, 3.8) is 0 Å². The quantitative estimate of drug-likeness (QED) is 0.358. The molecule has 4 aromatic rings. The first kappa shape index (κ1) is 25.5. The SMILES string of the molecule is CC(Nc1nc2nccn2c2cnc(N3CCN(CC(F)(F)F)C(=O)C3)cc12)c1cccc(C(F)F)c1F. The summed E-state index contributed by atoms with van der Waals surface area (Å²) >= 11 is 0. The van der Waals surface area contributed by atoms with E-state index in [0.29, 0.717) is 22.5 Å². The van der Waals surface area contributed by atoms with Gasteiger partial charge in [-0.15, -0.1) is 0 Å². The van der Waals surface area contributed by atoms with E-state index in [-0.39, 0.29) is 31.0 Å². The molecule has 0 aliphatic carbocycles. The van der Waals surface area contributed by atoms with E-state index in [9.17, 15) is 31.1 Å². The van der Waals surface area contributed by atoms with Crippen molar-refractivity contribution in [3.8, 4) is 0 Å². The van der Waals surface area contributed by atoms with Gasteiger partial charge in [-0.05, 0) is 13.0 Å². The zero-order chi connectivity index (χ0) is 27.2. The molecule has 1 saturated heterocycles. The molecular weight excluding hydrogens is 516 g/mol. The first-order chi connectivity index (χ1) is 18.0. The van der Waals surface area contributed by atoms with Crippen molar-refractivity contribution >= 4 is 34.2 Å². The number of pyridine rings is 1. The number of carbonyl (C=O) groups excluding carboxylic acids is 1. The minimum atomic E-state index is -4.49. The number of fused-ring (bicyclic) bond motifs is 3. The van der Waals surface area contributed by atoms with E-state index in [0.717, 1.165) is 11.0 Å². The maximum absolute atomic E-state index is 14.8. The Morgan fingerprint density at radius 2 is 1.89 bits per heavy atom. The standard InChI is InChI=1S/C24H21F6N7O/c1-13(14-3-2-4-15(20(14)25)21(26)27)33-22-16-9-18(32-10-17(16)37-6-5-31-23(37)34-22)35-7-8-36(19(38)11-35)12-24(28,29)30/h2-6,9-10,13,21H,7-8,11-12H2,1H3,(H,31,33,34). The summed E-state index contributed by atoms with van der Waals surface area (Å²) in [6.45, 7) is -0.00896. The fourth-order valence-corrected chi connectivity index (χ4v) is 4.47. The second-order valence-electron chi connectivity index (χ2n) is 8.89. The molecule has 38 heavy (non-hydrogen) atoms. The summed E-state index contributed by atoms with van der Waals surface area (Å²) < 4.78 is 81.2. The molecule has 3 aromatic heterocycles. The Labute approximate surface area is 211 Å². The van der Waals surface area contributed by atoms with Gasteiger partial charge in [0.15, 0.2) is 0 Å². The molecule has 5 rings (SSSR count). The zero-order valence-corrected chi connectivity index (χ0v) is 19.9. The molecule has 8 nitrogen and oxygen atoms in total. The summed E-state index contributed by atoms with van der Waals surface area (Å²) in [7, 11) is 0. The Hall–Kier alpha value is -4.10. The lowest BCUT2D eigenvalue weighted by Crippen LogP contribution is -2.53. The normalized spacial score (nSPS) is 15.6. The van der Waals surface area contributed by atoms with Crippen LogP contribution in [0.25, 0.3) is 16.7 Å². The number of rotatable bonds is 6. The summed E-state index contributed by atoms with van der Waals surface area (Å²) in [6, 6.07) is 4.61. The lowest BCUT2D eigenvalue weighted by Gasteiger charge is -2.35. The number of carbonyl (C=O) groups is 1. The number of hydrogen-bond donors (Lipinski definition) is 1. The summed E-state index contributed by atoms with van der Waals surface area (Å²) in [4.78, 5) is 27.8. The zero-order valence-electron chi connectivity index (χ0n) is 19.9. The number of anilines is 2. The van der Waals surface area contributed by atoms with E-state index in [1.165, 1.54) is 24.5 Å². The van der Waals surface area contributed by atoms with Crippen LogP contribution in [0.15, 0.2) is 42.9 Å². The highest BCUT2D eigenvalue weighted by molar-refractivity contribution is 5.93. The molecule has 1 atom stereocenters. The molecule has 4 heterocycles. The predicted molar refractivity (Wildman–Crippen MR) is 127 cm³/mol. The van der Waals surface area contributed by atoms with Gasteiger partial charge in [-0.25, -0.2) is 23.1 Å². The molecule has 0 spiro atoms. The van der Waals surface area contributed by atoms with Crippen LogP contribution in [0.4, 0.5) is 38.0 Å². The number of imidazole rings is 1. The van der Waals surface area contributed by atoms with Crippen LogP contribution in [-0.4, -0.2) is 62.5 Å². The Bertz CT molecular complexity index is 1510. The van der Waals surface area contributed by atoms with E-state index >= 15 is 0 Å². The fourth-order valence-electron chi connectivity index (χ4n) is 4.47. The van der Waals surface area contributed by atoms with E-state index in [1.54, 1.807) is 28.5 Å². The van der Waals surface area contributed by atoms with Gasteiger partial charge < -0.3 is 15.1 Å². The Morgan fingerprint density at radius 3 is 2.61 bits per heavy atom. The molecule has 14 heteroatoms. The van der Waals surface area contributed by atoms with E-state index in [2.05, 4.69) is 20.3 Å². The Morgan fingerprint density at radius 1 is 1.13 bits per heavy atom. The number of aromatic nitrogens is 4. The minimum absolute atomic E-state index is 0.0154. The summed E-state index contributed by atoms with van der Waals surface area (Å²) in [6.07, 6.45) is -2.78. The molecule has 1 aliphatic rings. The van der Waals surface area contributed by atoms with Gasteiger partial charge in [-0.3, -0.25) is 9.20 Å². The number of benzene rings is 1. The average Bonchev–Trinajstić information content (AvgIpc) is 3.33. The molecule has 200 valence electrons. The second kappa shape index (κ2) is 9.65. The summed E-state index contributed by atoms with van der Waals surface area (Å²) in [5.74, 6) is -0.801. The van der Waals surface area contributed by atoms with Crippen LogP contribution < -0.4 is 10.2 Å². The number of alkyl halides is 5. The Balaban J connectivity index is 1.49. The largest absolute Gasteiger partial charge is 0.406 e. The highest BCUT2D eigenvalue weighted by Gasteiger charge is 2.35. The van der Waals surface area contributed by atoms with Crippen LogP contribution in [0.5, 0.6) is 0 Å². The fraction of sp³-hybridized carbons (Fsp3) is 0.333. The second-order valence-corrected chi connectivity index (χ2v) is 8.89. The van der Waals surface area contributed by atoms with Gasteiger partial charge in [-0.1, -0.05) is 18.2 Å². The molecule has 0 radical (unpaired) electrons. The maximum Gasteiger partial charge on any atom is 0.406 e. The predicted octanol–water partition coefficient (Wildman–Crippen LogP) is 4.74. The number of piperazine rings is 1. The van der Waals surface area contributed by atoms with E-state index < -0.39 is 42.5 Å². The average molecular weight is 537 g/mol. The van der Waals surface area contributed by atoms with Gasteiger partial charge in [-0.2, -0.15) is 18.2 Å². The lowest BCUT2D eigenvalue weighted by molar-refractivity contribution is -0.161. The number of halogens is 6. The third-order valence-electron chi connectivity index (χ3n) is 6.34. The molecular formula is C24H21F6N7O. The van der Waals surface area contributed by atoms with Crippen molar-refractivity contribution in [1.82, 2.24) is 24.3 Å². The molecule has 1 aliphatic heterocycles. The monoisotopic (exact) mass is 537 g/mol. The smallest absolute Gasteiger partial charge is 0.363 e. The van der Waals surface area contributed by atoms with Crippen molar-refractivity contribution in [3.05, 3.63) is 59.8 Å². The lowest BCUT2D eigenvalue weighted by atomic mass is 10.0. The van der Waals surface area contributed by atoms with Gasteiger partial charge in [0.2, 0.25) is 11.7 Å². The van der Waals surface area contributed by atoms with Crippen LogP contribution >= 0.6 is 0 Å². The van der Waals surface area contributed by atoms with Crippen LogP contribution in [0, 0.1) is 5.82 Å². The third kappa shape index (κ3) is 4.89. The van der Waals surface area contributed by atoms with Crippen LogP contribution in [0.1, 0.15) is 30.5 Å². The van der Waals surface area contributed by atoms with Crippen molar-refractivity contribution in [2.45, 2.75) is 25.6 Å². The number of nitrogens with one attached hydrogen (secondary N) is 1. The van der Waals surface area contributed by atoms with Crippen LogP contribution in [0.3, 0.4) is 0 Å². The summed E-state index contributed by atoms with van der Waals surface area (Å²) in [5.41, 5.74) is -0.130. The number of amides is 1. The summed E-state index contributed by atoms with van der Waals surface area (Å²) in [5, 5.41) is 3.57. The molecule has 0 saturated carbocycles. The molecule has 1 N–H and O–H groups in total. The maximum atomic E-state index is 14.8. The highest BCUT2D eigenvalue weighted by Crippen LogP contribution is 2.32. The van der Waals surface area contributed by atoms with Gasteiger partial charge in [0.05, 0.1) is 29.9 Å². The first-order valence-corrected chi connectivity index (χ1v) is 11.6. The van der Waals surface area contributed by atoms with Gasteiger partial charge in [0.25, 0.3) is 6.43 Å². The topological polar surface area (TPSA) is 78.7 Å². The van der Waals surface area contributed by atoms with Gasteiger partial charge >= 0.3 is 6.18 Å². The van der Waals surface area contributed by atoms with Crippen molar-refractivity contribution in [1.29, 1.82) is 0 Å². The molecule has 1 aromatic carbocycles. The van der Waals surface area contributed by atoms with Crippen molar-refractivity contribution in [2.24, 2.45) is 0 Å². The minimum Gasteiger partial charge on any atom is -0.363 e. The van der Waals surface area contributed by atoms with Gasteiger partial charge in [0, 0.05) is 36.4 Å². The Kier molecular flexibility index (Phi) is 6.49. The van der Waals surface area contributed by atoms with E-state index in [1.807, 2.05) is 0 Å². The van der Waals surface area contributed by atoms with Crippen molar-refractivity contribution in [2.75, 3.05) is 36.4 Å². The number of nitrogens with zero attached hydrogens (tertiary/aromatic N) is 6. The van der Waals surface area contributed by atoms with E-state index in [4.69, 9.17) is 0 Å². The molecule has 0 bridgehead atoms. The van der Waals surface area contributed by atoms with Crippen molar-refractivity contribution < 1.29 is 31.1 Å². The highest BCUT2D eigenvalue weighted by atomic mass is 19.4.